The van der Waals surface area contributed by atoms with Gasteiger partial charge in [0.15, 0.2) is 0 Å². The van der Waals surface area contributed by atoms with Crippen LogP contribution in [0.3, 0.4) is 0 Å². The van der Waals surface area contributed by atoms with E-state index >= 15 is 0 Å². The van der Waals surface area contributed by atoms with Crippen LogP contribution in [0.5, 0.6) is 0 Å². The Morgan fingerprint density at radius 2 is 2.44 bits per heavy atom. The van der Waals surface area contributed by atoms with E-state index in [0.29, 0.717) is 12.8 Å². The van der Waals surface area contributed by atoms with Crippen molar-refractivity contribution in [2.75, 3.05) is 0 Å². The average Bonchev–Trinajstić information content (AvgIpc) is 2.63. The molecule has 0 heterocycles. The number of carbonyl (C=O) groups is 1. The maximum absolute atomic E-state index is 11.7. The van der Waals surface area contributed by atoms with Gasteiger partial charge in [0.1, 0.15) is 5.78 Å². The molecule has 0 aliphatic heterocycles. The van der Waals surface area contributed by atoms with Crippen molar-refractivity contribution >= 4 is 5.78 Å². The first-order valence-electron chi connectivity index (χ1n) is 7.52. The van der Waals surface area contributed by atoms with Gasteiger partial charge in [0, 0.05) is 16.5 Å². The molecule has 16 heavy (non-hydrogen) atoms. The topological polar surface area (TPSA) is 37.3 Å². The summed E-state index contributed by atoms with van der Waals surface area (Å²) in [6, 6.07) is -0.405. The van der Waals surface area contributed by atoms with Gasteiger partial charge >= 0.3 is 0 Å². The van der Waals surface area contributed by atoms with Crippen LogP contribution in [0, 0.1) is 17.8 Å². The van der Waals surface area contributed by atoms with Crippen LogP contribution in [-0.2, 0) is 4.79 Å². The molecular weight excluding hydrogens is 200 g/mol. The summed E-state index contributed by atoms with van der Waals surface area (Å²) in [6.07, 6.45) is 2.19. The smallest absolute Gasteiger partial charge is 0.138 e. The molecule has 0 radical (unpaired) electrons. The zero-order chi connectivity index (χ0) is 14.8. The molecule has 2 unspecified atom stereocenters. The minimum absolute atomic E-state index is 0. The van der Waals surface area contributed by atoms with Crippen molar-refractivity contribution in [3.05, 3.63) is 12.1 Å². The molecular formula is C14H26O2. The lowest BCUT2D eigenvalue weighted by molar-refractivity contribution is -0.125. The fourth-order valence-electron chi connectivity index (χ4n) is 2.30. The molecule has 1 saturated carbocycles. The first-order valence-corrected chi connectivity index (χ1v) is 5.52. The summed E-state index contributed by atoms with van der Waals surface area (Å²) >= 11 is 0. The van der Waals surface area contributed by atoms with Gasteiger partial charge in [-0.3, -0.25) is 4.79 Å². The number of hydrogen-bond acceptors (Lipinski definition) is 2. The highest BCUT2D eigenvalue weighted by atomic mass is 16.3. The van der Waals surface area contributed by atoms with E-state index in [1.807, 2.05) is 6.92 Å². The normalized spacial score (nSPS) is 34.2. The summed E-state index contributed by atoms with van der Waals surface area (Å²) in [5, 5.41) is 10.2. The molecule has 0 saturated heterocycles. The van der Waals surface area contributed by atoms with E-state index in [1.165, 1.54) is 6.08 Å². The minimum atomic E-state index is -2.40. The predicted octanol–water partition coefficient (Wildman–Crippen LogP) is 3.20. The van der Waals surface area contributed by atoms with Crippen molar-refractivity contribution in [2.24, 2.45) is 17.8 Å². The fraction of sp³-hybridized carbons (Fsp3) is 0.786. The third-order valence-corrected chi connectivity index (χ3v) is 3.37. The molecule has 4 atom stereocenters. The Labute approximate surface area is 105 Å². The highest BCUT2D eigenvalue weighted by Gasteiger charge is 2.38. The molecule has 2 nitrogen and oxygen atoms in total. The molecule has 2 heteroatoms. The van der Waals surface area contributed by atoms with Gasteiger partial charge in [-0.25, -0.2) is 0 Å². The Morgan fingerprint density at radius 3 is 2.94 bits per heavy atom. The number of carbonyl (C=O) groups excluding carboxylic acids is 1. The van der Waals surface area contributed by atoms with Crippen LogP contribution < -0.4 is 0 Å². The van der Waals surface area contributed by atoms with E-state index in [9.17, 15) is 9.90 Å². The molecule has 0 aromatic rings. The number of allylic oxidation sites excluding steroid dienone is 2. The maximum atomic E-state index is 11.7. The zero-order valence-electron chi connectivity index (χ0n) is 13.4. The first-order chi connectivity index (χ1) is 8.64. The molecule has 94 valence electrons. The number of aliphatic hydroxyl groups is 1. The number of ketones is 1. The summed E-state index contributed by atoms with van der Waals surface area (Å²) in [6.45, 7) is 1.34. The summed E-state index contributed by atoms with van der Waals surface area (Å²) in [7, 11) is 0. The molecule has 0 bridgehead atoms. The van der Waals surface area contributed by atoms with Gasteiger partial charge in [-0.05, 0) is 31.5 Å². The third-order valence-electron chi connectivity index (χ3n) is 3.37. The zero-order valence-corrected chi connectivity index (χ0v) is 9.36. The Bertz CT molecular complexity index is 363. The van der Waals surface area contributed by atoms with Gasteiger partial charge in [0.05, 0.1) is 7.47 Å². The van der Waals surface area contributed by atoms with Gasteiger partial charge in [-0.15, -0.1) is 0 Å². The Hall–Kier alpha value is -0.630. The van der Waals surface area contributed by atoms with Crippen molar-refractivity contribution < 1.29 is 15.4 Å². The quantitative estimate of drug-likeness (QED) is 0.753. The van der Waals surface area contributed by atoms with Crippen LogP contribution in [-0.4, -0.2) is 17.0 Å². The van der Waals surface area contributed by atoms with E-state index in [4.69, 9.17) is 5.48 Å². The van der Waals surface area contributed by atoms with Gasteiger partial charge in [0.25, 0.3) is 0 Å². The first kappa shape index (κ1) is 9.41. The van der Waals surface area contributed by atoms with Crippen LogP contribution in [0.4, 0.5) is 0 Å². The highest BCUT2D eigenvalue weighted by molar-refractivity contribution is 5.83. The Kier molecular flexibility index (Phi) is 4.02. The van der Waals surface area contributed by atoms with E-state index < -0.39 is 19.0 Å². The Balaban J connectivity index is 0.00000361. The van der Waals surface area contributed by atoms with E-state index in [0.717, 1.165) is 6.42 Å². The lowest BCUT2D eigenvalue weighted by Gasteiger charge is -2.25. The second-order valence-corrected chi connectivity index (χ2v) is 4.56. The van der Waals surface area contributed by atoms with Crippen molar-refractivity contribution in [1.82, 2.24) is 0 Å². The second-order valence-electron chi connectivity index (χ2n) is 4.56. The SMILES string of the molecule is C.[2H]C(=CC[C@@H](C)C(O)[C@H]1C(=O)CCC1C)C([2H])([2H])[2H]. The maximum Gasteiger partial charge on any atom is 0.138 e. The summed E-state index contributed by atoms with van der Waals surface area (Å²) < 4.78 is 28.6. The molecule has 1 N–H and O–H groups in total. The monoisotopic (exact) mass is 230 g/mol. The van der Waals surface area contributed by atoms with Crippen molar-refractivity contribution in [3.8, 4) is 0 Å². The summed E-state index contributed by atoms with van der Waals surface area (Å²) in [4.78, 5) is 11.7. The number of rotatable bonds is 4. The minimum Gasteiger partial charge on any atom is -0.392 e. The van der Waals surface area contributed by atoms with Gasteiger partial charge in [-0.1, -0.05) is 33.4 Å². The number of hydrogen-bond donors (Lipinski definition) is 1. The van der Waals surface area contributed by atoms with Crippen LogP contribution in [0.2, 0.25) is 0 Å². The van der Waals surface area contributed by atoms with Crippen LogP contribution in [0.15, 0.2) is 12.1 Å². The molecule has 0 amide bonds. The predicted molar refractivity (Wildman–Crippen MR) is 68.2 cm³/mol. The third kappa shape index (κ3) is 3.44. The van der Waals surface area contributed by atoms with E-state index in [-0.39, 0.29) is 31.0 Å². The summed E-state index contributed by atoms with van der Waals surface area (Å²) in [5.74, 6) is -0.299. The second kappa shape index (κ2) is 6.85. The van der Waals surface area contributed by atoms with Crippen molar-refractivity contribution in [3.63, 3.8) is 0 Å². The van der Waals surface area contributed by atoms with E-state index in [2.05, 4.69) is 0 Å². The van der Waals surface area contributed by atoms with Crippen molar-refractivity contribution in [1.29, 1.82) is 0 Å². The number of Topliss-reactive ketones (excluding diaryl/α,β-unsaturated/α-hetero) is 1. The van der Waals surface area contributed by atoms with E-state index in [1.54, 1.807) is 6.92 Å². The highest BCUT2D eigenvalue weighted by Crippen LogP contribution is 2.34. The molecule has 0 spiro atoms. The average molecular weight is 230 g/mol. The lowest BCUT2D eigenvalue weighted by Crippen LogP contribution is -2.33. The van der Waals surface area contributed by atoms with Gasteiger partial charge in [0.2, 0.25) is 0 Å². The van der Waals surface area contributed by atoms with Crippen LogP contribution in [0.25, 0.3) is 0 Å². The molecule has 1 rings (SSSR count). The lowest BCUT2D eigenvalue weighted by atomic mass is 9.83. The van der Waals surface area contributed by atoms with Crippen molar-refractivity contribution in [2.45, 2.75) is 53.5 Å². The molecule has 1 fully saturated rings. The Morgan fingerprint density at radius 1 is 1.75 bits per heavy atom. The van der Waals surface area contributed by atoms with Crippen LogP contribution >= 0.6 is 0 Å². The largest absolute Gasteiger partial charge is 0.392 e. The molecule has 1 aliphatic rings. The van der Waals surface area contributed by atoms with Gasteiger partial charge in [-0.2, -0.15) is 0 Å². The van der Waals surface area contributed by atoms with Crippen LogP contribution in [0.1, 0.15) is 52.9 Å². The fourth-order valence-corrected chi connectivity index (χ4v) is 2.30. The molecule has 1 aliphatic carbocycles. The number of aliphatic hydroxyl groups excluding tert-OH is 1. The standard InChI is InChI=1S/C13H22O2.CH4/c1-4-5-6-10(3)13(15)12-9(2)7-8-11(12)14;/h4-5,9-10,12-13,15H,6-8H2,1-3H3;1H4/t9?,10-,12-,13?;/m1./s1/i1D3,4D;. The molecule has 0 aromatic heterocycles. The summed E-state index contributed by atoms with van der Waals surface area (Å²) in [5.41, 5.74) is 0. The van der Waals surface area contributed by atoms with Gasteiger partial charge < -0.3 is 5.11 Å². The molecule has 0 aromatic carbocycles.